The molecule has 22 heavy (non-hydrogen) atoms. The molecule has 1 saturated heterocycles. The Labute approximate surface area is 133 Å². The monoisotopic (exact) mass is 314 g/mol. The molecular formula is C17H18N2O2S. The summed E-state index contributed by atoms with van der Waals surface area (Å²) in [6, 6.07) is 6.72. The van der Waals surface area contributed by atoms with E-state index in [1.54, 1.807) is 16.2 Å². The van der Waals surface area contributed by atoms with Gasteiger partial charge in [-0.15, -0.1) is 11.3 Å². The normalized spacial score (nSPS) is 16.9. The number of carbonyl (C=O) groups is 1. The lowest BCUT2D eigenvalue weighted by Gasteiger charge is -2.10. The second-order valence-corrected chi connectivity index (χ2v) is 6.76. The fourth-order valence-corrected chi connectivity index (χ4v) is 3.95. The molecule has 1 aliphatic carbocycles. The maximum atomic E-state index is 11.4. The SMILES string of the molecule is O=C1OCCN1CCc1nc(-c2ccc3c(c2)CCC3)cs1. The van der Waals surface area contributed by atoms with Gasteiger partial charge < -0.3 is 9.64 Å². The first-order valence-electron chi connectivity index (χ1n) is 7.78. The first-order chi connectivity index (χ1) is 10.8. The highest BCUT2D eigenvalue weighted by Crippen LogP contribution is 2.29. The van der Waals surface area contributed by atoms with Gasteiger partial charge in [0.2, 0.25) is 0 Å². The van der Waals surface area contributed by atoms with E-state index in [9.17, 15) is 4.79 Å². The summed E-state index contributed by atoms with van der Waals surface area (Å²) in [6.07, 6.45) is 4.27. The van der Waals surface area contributed by atoms with Gasteiger partial charge in [-0.2, -0.15) is 0 Å². The minimum absolute atomic E-state index is 0.199. The average Bonchev–Trinajstić information content (AvgIpc) is 3.25. The number of thiazole rings is 1. The third-order valence-electron chi connectivity index (χ3n) is 4.39. The van der Waals surface area contributed by atoms with Crippen molar-refractivity contribution in [2.75, 3.05) is 19.7 Å². The van der Waals surface area contributed by atoms with Crippen LogP contribution in [0.25, 0.3) is 11.3 Å². The minimum Gasteiger partial charge on any atom is -0.448 e. The van der Waals surface area contributed by atoms with Gasteiger partial charge in [0, 0.05) is 23.9 Å². The standard InChI is InChI=1S/C17H18N2O2S/c20-17-19(8-9-21-17)7-6-16-18-15(11-22-16)14-5-4-12-2-1-3-13(12)10-14/h4-5,10-11H,1-3,6-9H2. The van der Waals surface area contributed by atoms with Gasteiger partial charge in [0.1, 0.15) is 6.61 Å². The number of cyclic esters (lactones) is 1. The van der Waals surface area contributed by atoms with E-state index in [0.717, 1.165) is 17.1 Å². The van der Waals surface area contributed by atoms with E-state index in [-0.39, 0.29) is 6.09 Å². The number of ether oxygens (including phenoxy) is 1. The number of aryl methyl sites for hydroxylation is 2. The number of benzene rings is 1. The average molecular weight is 314 g/mol. The molecule has 114 valence electrons. The first-order valence-corrected chi connectivity index (χ1v) is 8.66. The summed E-state index contributed by atoms with van der Waals surface area (Å²) in [5.74, 6) is 0. The number of nitrogens with zero attached hydrogens (tertiary/aromatic N) is 2. The van der Waals surface area contributed by atoms with E-state index in [1.807, 2.05) is 0 Å². The lowest BCUT2D eigenvalue weighted by Crippen LogP contribution is -2.26. The molecule has 5 heteroatoms. The molecule has 1 aromatic carbocycles. The number of aromatic nitrogens is 1. The molecule has 2 heterocycles. The quantitative estimate of drug-likeness (QED) is 0.869. The Morgan fingerprint density at radius 2 is 2.18 bits per heavy atom. The van der Waals surface area contributed by atoms with Crippen LogP contribution in [0.4, 0.5) is 4.79 Å². The molecule has 2 aliphatic rings. The molecule has 1 aromatic heterocycles. The van der Waals surface area contributed by atoms with Crippen LogP contribution in [0.3, 0.4) is 0 Å². The third kappa shape index (κ3) is 2.61. The lowest BCUT2D eigenvalue weighted by molar-refractivity contribution is 0.159. The second-order valence-electron chi connectivity index (χ2n) is 5.81. The van der Waals surface area contributed by atoms with E-state index >= 15 is 0 Å². The van der Waals surface area contributed by atoms with Crippen molar-refractivity contribution in [3.05, 3.63) is 39.7 Å². The maximum Gasteiger partial charge on any atom is 0.409 e. The Morgan fingerprint density at radius 1 is 1.27 bits per heavy atom. The largest absolute Gasteiger partial charge is 0.448 e. The smallest absolute Gasteiger partial charge is 0.409 e. The zero-order chi connectivity index (χ0) is 14.9. The number of amides is 1. The molecule has 0 N–H and O–H groups in total. The molecule has 4 rings (SSSR count). The Balaban J connectivity index is 1.46. The van der Waals surface area contributed by atoms with Crippen molar-refractivity contribution in [2.45, 2.75) is 25.7 Å². The number of rotatable bonds is 4. The van der Waals surface area contributed by atoms with E-state index in [2.05, 4.69) is 23.6 Å². The molecule has 0 spiro atoms. The second kappa shape index (κ2) is 5.72. The Hall–Kier alpha value is -1.88. The summed E-state index contributed by atoms with van der Waals surface area (Å²) in [7, 11) is 0. The number of hydrogen-bond donors (Lipinski definition) is 0. The Kier molecular flexibility index (Phi) is 3.58. The van der Waals surface area contributed by atoms with E-state index in [1.165, 1.54) is 36.0 Å². The maximum absolute atomic E-state index is 11.4. The molecule has 2 aromatic rings. The van der Waals surface area contributed by atoms with Crippen molar-refractivity contribution in [3.8, 4) is 11.3 Å². The molecule has 1 fully saturated rings. The molecule has 0 saturated carbocycles. The van der Waals surface area contributed by atoms with Gasteiger partial charge in [-0.05, 0) is 36.5 Å². The van der Waals surface area contributed by atoms with Crippen LogP contribution >= 0.6 is 11.3 Å². The fraction of sp³-hybridized carbons (Fsp3) is 0.412. The fourth-order valence-electron chi connectivity index (χ4n) is 3.15. The van der Waals surface area contributed by atoms with Crippen LogP contribution < -0.4 is 0 Å². The Bertz CT molecular complexity index is 710. The predicted octanol–water partition coefficient (Wildman–Crippen LogP) is 3.29. The van der Waals surface area contributed by atoms with Gasteiger partial charge in [0.15, 0.2) is 0 Å². The van der Waals surface area contributed by atoms with Gasteiger partial charge in [-0.3, -0.25) is 0 Å². The topological polar surface area (TPSA) is 42.4 Å². The zero-order valence-electron chi connectivity index (χ0n) is 12.4. The summed E-state index contributed by atoms with van der Waals surface area (Å²) < 4.78 is 4.94. The zero-order valence-corrected chi connectivity index (χ0v) is 13.2. The van der Waals surface area contributed by atoms with Crippen LogP contribution in [0, 0.1) is 0 Å². The van der Waals surface area contributed by atoms with E-state index < -0.39 is 0 Å². The predicted molar refractivity (Wildman–Crippen MR) is 86.2 cm³/mol. The summed E-state index contributed by atoms with van der Waals surface area (Å²) in [4.78, 5) is 17.9. The number of hydrogen-bond acceptors (Lipinski definition) is 4. The van der Waals surface area contributed by atoms with Gasteiger partial charge in [0.25, 0.3) is 0 Å². The Morgan fingerprint density at radius 3 is 3.05 bits per heavy atom. The van der Waals surface area contributed by atoms with Crippen LogP contribution in [0.15, 0.2) is 23.6 Å². The molecular weight excluding hydrogens is 296 g/mol. The van der Waals surface area contributed by atoms with Gasteiger partial charge >= 0.3 is 6.09 Å². The van der Waals surface area contributed by atoms with Crippen LogP contribution in [-0.2, 0) is 24.0 Å². The molecule has 0 atom stereocenters. The van der Waals surface area contributed by atoms with Crippen LogP contribution in [-0.4, -0.2) is 35.7 Å². The van der Waals surface area contributed by atoms with Gasteiger partial charge in [-0.25, -0.2) is 9.78 Å². The van der Waals surface area contributed by atoms with Crippen LogP contribution in [0.2, 0.25) is 0 Å². The molecule has 1 aliphatic heterocycles. The van der Waals surface area contributed by atoms with Crippen molar-refractivity contribution < 1.29 is 9.53 Å². The van der Waals surface area contributed by atoms with Crippen LogP contribution in [0.5, 0.6) is 0 Å². The van der Waals surface area contributed by atoms with Crippen molar-refractivity contribution in [2.24, 2.45) is 0 Å². The first kappa shape index (κ1) is 13.8. The van der Waals surface area contributed by atoms with E-state index in [0.29, 0.717) is 19.7 Å². The summed E-state index contributed by atoms with van der Waals surface area (Å²) in [5.41, 5.74) is 5.24. The van der Waals surface area contributed by atoms with Crippen LogP contribution in [0.1, 0.15) is 22.6 Å². The summed E-state index contributed by atoms with van der Waals surface area (Å²) in [6.45, 7) is 1.90. The van der Waals surface area contributed by atoms with Crippen molar-refractivity contribution in [1.82, 2.24) is 9.88 Å². The molecule has 4 nitrogen and oxygen atoms in total. The van der Waals surface area contributed by atoms with Gasteiger partial charge in [-0.1, -0.05) is 12.1 Å². The van der Waals surface area contributed by atoms with E-state index in [4.69, 9.17) is 9.72 Å². The molecule has 0 bridgehead atoms. The summed E-state index contributed by atoms with van der Waals surface area (Å²) in [5, 5.41) is 3.20. The minimum atomic E-state index is -0.199. The number of carbonyl (C=O) groups excluding carboxylic acids is 1. The highest BCUT2D eigenvalue weighted by Gasteiger charge is 2.21. The van der Waals surface area contributed by atoms with Gasteiger partial charge in [0.05, 0.1) is 17.2 Å². The molecule has 1 amide bonds. The third-order valence-corrected chi connectivity index (χ3v) is 5.30. The van der Waals surface area contributed by atoms with Crippen molar-refractivity contribution in [1.29, 1.82) is 0 Å². The highest BCUT2D eigenvalue weighted by molar-refractivity contribution is 7.09. The molecule has 0 unspecified atom stereocenters. The highest BCUT2D eigenvalue weighted by atomic mass is 32.1. The van der Waals surface area contributed by atoms with Crippen molar-refractivity contribution >= 4 is 17.4 Å². The van der Waals surface area contributed by atoms with Crippen molar-refractivity contribution in [3.63, 3.8) is 0 Å². The summed E-state index contributed by atoms with van der Waals surface area (Å²) >= 11 is 1.67. The number of fused-ring (bicyclic) bond motifs is 1. The lowest BCUT2D eigenvalue weighted by atomic mass is 10.1. The molecule has 0 radical (unpaired) electrons.